The minimum absolute atomic E-state index is 0.312. The van der Waals surface area contributed by atoms with Crippen molar-refractivity contribution < 1.29 is 4.79 Å². The number of rotatable bonds is 6. The maximum Gasteiger partial charge on any atom is 0.274 e. The third kappa shape index (κ3) is 5.57. The molecule has 0 aliphatic carbocycles. The highest BCUT2D eigenvalue weighted by molar-refractivity contribution is 6.34. The molecule has 12 heteroatoms. The topological polar surface area (TPSA) is 104 Å². The van der Waals surface area contributed by atoms with E-state index in [1.807, 2.05) is 37.3 Å². The van der Waals surface area contributed by atoms with Crippen molar-refractivity contribution in [2.24, 2.45) is 7.05 Å². The van der Waals surface area contributed by atoms with Crippen LogP contribution in [0.25, 0.3) is 11.4 Å². The van der Waals surface area contributed by atoms with E-state index in [0.717, 1.165) is 37.3 Å². The molecular weight excluding hydrogens is 525 g/mol. The fourth-order valence-electron chi connectivity index (χ4n) is 4.13. The fourth-order valence-corrected chi connectivity index (χ4v) is 4.59. The van der Waals surface area contributed by atoms with Crippen LogP contribution in [0.2, 0.25) is 10.0 Å². The molecule has 0 atom stereocenters. The number of piperazine rings is 1. The Kier molecular flexibility index (Phi) is 7.46. The molecule has 2 aromatic carbocycles. The average Bonchev–Trinajstić information content (AvgIpc) is 3.26. The summed E-state index contributed by atoms with van der Waals surface area (Å²) in [6.45, 7) is 5.29. The highest BCUT2D eigenvalue weighted by Gasteiger charge is 2.21. The van der Waals surface area contributed by atoms with Crippen LogP contribution in [0.4, 0.5) is 23.5 Å². The molecule has 38 heavy (non-hydrogen) atoms. The fraction of sp³-hybridized carbons (Fsp3) is 0.269. The van der Waals surface area contributed by atoms with Gasteiger partial charge in [-0.15, -0.1) is 0 Å². The normalized spacial score (nSPS) is 14.0. The Balaban J connectivity index is 1.44. The van der Waals surface area contributed by atoms with Gasteiger partial charge in [0, 0.05) is 43.8 Å². The summed E-state index contributed by atoms with van der Waals surface area (Å²) in [5.41, 5.74) is 2.54. The van der Waals surface area contributed by atoms with Gasteiger partial charge in [0.15, 0.2) is 5.82 Å². The Morgan fingerprint density at radius 3 is 2.47 bits per heavy atom. The van der Waals surface area contributed by atoms with Crippen LogP contribution in [-0.4, -0.2) is 68.5 Å². The second-order valence-electron chi connectivity index (χ2n) is 9.12. The number of carbonyl (C=O) groups excluding carboxylic acids is 1. The number of nitrogens with one attached hydrogen (secondary N) is 2. The van der Waals surface area contributed by atoms with Gasteiger partial charge in [-0.2, -0.15) is 15.0 Å². The number of nitrogens with zero attached hydrogens (tertiary/aromatic N) is 7. The first-order valence-electron chi connectivity index (χ1n) is 12.1. The van der Waals surface area contributed by atoms with Gasteiger partial charge in [0.05, 0.1) is 16.9 Å². The molecule has 0 radical (unpaired) electrons. The first-order chi connectivity index (χ1) is 18.3. The summed E-state index contributed by atoms with van der Waals surface area (Å²) in [7, 11) is 3.83. The molecule has 1 saturated heterocycles. The number of imidazole rings is 1. The van der Waals surface area contributed by atoms with E-state index in [-0.39, 0.29) is 5.91 Å². The molecular formula is C26H27Cl2N9O. The molecule has 2 N–H and O–H groups in total. The standard InChI is InChI=1S/C26H27Cl2N9O/c1-16-6-4-9-19(28)21(16)30-23(38)20-15-29-25(36(20)3)33-24-31-22(17-7-5-8-18(27)14-17)32-26(34-24)37-12-10-35(2)11-13-37/h4-9,14-15H,10-13H2,1-3H3,(H,30,38)(H,29,31,32,33,34). The number of benzene rings is 2. The predicted octanol–water partition coefficient (Wildman–Crippen LogP) is 4.64. The summed E-state index contributed by atoms with van der Waals surface area (Å²) in [5.74, 6) is 1.43. The van der Waals surface area contributed by atoms with Crippen LogP contribution < -0.4 is 15.5 Å². The minimum atomic E-state index is -0.336. The Bertz CT molecular complexity index is 1460. The zero-order valence-corrected chi connectivity index (χ0v) is 22.8. The van der Waals surface area contributed by atoms with Crippen LogP contribution in [0.5, 0.6) is 0 Å². The van der Waals surface area contributed by atoms with E-state index in [1.54, 1.807) is 23.7 Å². The van der Waals surface area contributed by atoms with Crippen LogP contribution in [-0.2, 0) is 7.05 Å². The summed E-state index contributed by atoms with van der Waals surface area (Å²) in [6.07, 6.45) is 1.49. The molecule has 2 aromatic heterocycles. The van der Waals surface area contributed by atoms with Crippen LogP contribution in [0, 0.1) is 6.92 Å². The van der Waals surface area contributed by atoms with Gasteiger partial charge in [-0.3, -0.25) is 10.1 Å². The van der Waals surface area contributed by atoms with Crippen molar-refractivity contribution in [1.29, 1.82) is 0 Å². The molecule has 1 fully saturated rings. The van der Waals surface area contributed by atoms with Crippen LogP contribution in [0.3, 0.4) is 0 Å². The van der Waals surface area contributed by atoms with Gasteiger partial charge in [0.2, 0.25) is 17.8 Å². The predicted molar refractivity (Wildman–Crippen MR) is 151 cm³/mol. The lowest BCUT2D eigenvalue weighted by Gasteiger charge is -2.32. The van der Waals surface area contributed by atoms with Crippen LogP contribution in [0.1, 0.15) is 16.1 Å². The van der Waals surface area contributed by atoms with E-state index in [2.05, 4.69) is 42.4 Å². The average molecular weight is 552 g/mol. The second kappa shape index (κ2) is 10.9. The quantitative estimate of drug-likeness (QED) is 0.357. The van der Waals surface area contributed by atoms with E-state index in [9.17, 15) is 4.79 Å². The summed E-state index contributed by atoms with van der Waals surface area (Å²) in [4.78, 5) is 35.9. The molecule has 1 aliphatic rings. The lowest BCUT2D eigenvalue weighted by Crippen LogP contribution is -2.45. The lowest BCUT2D eigenvalue weighted by molar-refractivity contribution is 0.101. The summed E-state index contributed by atoms with van der Waals surface area (Å²) >= 11 is 12.5. The van der Waals surface area contributed by atoms with Crippen molar-refractivity contribution in [3.63, 3.8) is 0 Å². The highest BCUT2D eigenvalue weighted by Crippen LogP contribution is 2.27. The van der Waals surface area contributed by atoms with Crippen molar-refractivity contribution >= 4 is 52.6 Å². The largest absolute Gasteiger partial charge is 0.338 e. The van der Waals surface area contributed by atoms with Gasteiger partial charge in [-0.05, 0) is 37.7 Å². The second-order valence-corrected chi connectivity index (χ2v) is 9.96. The van der Waals surface area contributed by atoms with Crippen molar-refractivity contribution in [1.82, 2.24) is 29.4 Å². The molecule has 4 aromatic rings. The monoisotopic (exact) mass is 551 g/mol. The third-order valence-electron chi connectivity index (χ3n) is 6.40. The van der Waals surface area contributed by atoms with Crippen molar-refractivity contribution in [3.05, 3.63) is 70.0 Å². The number of aryl methyl sites for hydroxylation is 1. The molecule has 5 rings (SSSR count). The number of para-hydroxylation sites is 1. The number of anilines is 4. The number of aromatic nitrogens is 5. The van der Waals surface area contributed by atoms with Crippen molar-refractivity contribution in [3.8, 4) is 11.4 Å². The van der Waals surface area contributed by atoms with E-state index in [1.165, 1.54) is 6.20 Å². The molecule has 196 valence electrons. The Hall–Kier alpha value is -3.73. The van der Waals surface area contributed by atoms with Gasteiger partial charge in [-0.1, -0.05) is 47.5 Å². The maximum absolute atomic E-state index is 13.0. The van der Waals surface area contributed by atoms with E-state index >= 15 is 0 Å². The number of likely N-dealkylation sites (N-methyl/N-ethyl adjacent to an activating group) is 1. The molecule has 3 heterocycles. The van der Waals surface area contributed by atoms with Crippen LogP contribution >= 0.6 is 23.2 Å². The summed E-state index contributed by atoms with van der Waals surface area (Å²) < 4.78 is 1.64. The zero-order valence-electron chi connectivity index (χ0n) is 21.2. The molecule has 0 bridgehead atoms. The number of amides is 1. The molecule has 0 unspecified atom stereocenters. The molecule has 0 saturated carbocycles. The van der Waals surface area contributed by atoms with Gasteiger partial charge in [0.1, 0.15) is 5.69 Å². The lowest BCUT2D eigenvalue weighted by atomic mass is 10.2. The summed E-state index contributed by atoms with van der Waals surface area (Å²) in [6, 6.07) is 12.8. The van der Waals surface area contributed by atoms with Gasteiger partial charge in [-0.25, -0.2) is 4.98 Å². The first-order valence-corrected chi connectivity index (χ1v) is 12.8. The number of hydrogen-bond acceptors (Lipinski definition) is 8. The zero-order chi connectivity index (χ0) is 26.8. The highest BCUT2D eigenvalue weighted by atomic mass is 35.5. The summed E-state index contributed by atoms with van der Waals surface area (Å²) in [5, 5.41) is 7.10. The smallest absolute Gasteiger partial charge is 0.274 e. The maximum atomic E-state index is 13.0. The van der Waals surface area contributed by atoms with Gasteiger partial charge in [0.25, 0.3) is 5.91 Å². The van der Waals surface area contributed by atoms with Crippen LogP contribution in [0.15, 0.2) is 48.7 Å². The van der Waals surface area contributed by atoms with Crippen molar-refractivity contribution in [2.75, 3.05) is 48.8 Å². The van der Waals surface area contributed by atoms with Crippen molar-refractivity contribution in [2.45, 2.75) is 6.92 Å². The van der Waals surface area contributed by atoms with Gasteiger partial charge < -0.3 is 19.7 Å². The molecule has 10 nitrogen and oxygen atoms in total. The number of carbonyl (C=O) groups is 1. The Labute approximate surface area is 230 Å². The molecule has 1 aliphatic heterocycles. The Morgan fingerprint density at radius 1 is 0.974 bits per heavy atom. The molecule has 1 amide bonds. The Morgan fingerprint density at radius 2 is 1.74 bits per heavy atom. The van der Waals surface area contributed by atoms with E-state index < -0.39 is 0 Å². The third-order valence-corrected chi connectivity index (χ3v) is 6.95. The molecule has 0 spiro atoms. The van der Waals surface area contributed by atoms with E-state index in [4.69, 9.17) is 28.2 Å². The first kappa shape index (κ1) is 25.9. The SMILES string of the molecule is Cc1cccc(Cl)c1NC(=O)c1cnc(Nc2nc(-c3cccc(Cl)c3)nc(N3CCN(C)CC3)n2)n1C. The van der Waals surface area contributed by atoms with Gasteiger partial charge >= 0.3 is 0 Å². The number of hydrogen-bond donors (Lipinski definition) is 2. The number of halogens is 2. The van der Waals surface area contributed by atoms with E-state index in [0.29, 0.717) is 45.1 Å². The minimum Gasteiger partial charge on any atom is -0.338 e.